The molecule has 1 aromatic carbocycles. The van der Waals surface area contributed by atoms with Crippen LogP contribution in [0.3, 0.4) is 0 Å². The minimum atomic E-state index is 0.328. The van der Waals surface area contributed by atoms with Gasteiger partial charge < -0.3 is 10.7 Å². The van der Waals surface area contributed by atoms with Crippen LogP contribution in [-0.2, 0) is 0 Å². The molecular formula is C10H9BrClN3. The topological polar surface area (TPSA) is 54.7 Å². The molecular weight excluding hydrogens is 277 g/mol. The summed E-state index contributed by atoms with van der Waals surface area (Å²) in [7, 11) is 0. The molecule has 0 saturated heterocycles. The van der Waals surface area contributed by atoms with E-state index in [4.69, 9.17) is 17.3 Å². The van der Waals surface area contributed by atoms with Crippen molar-refractivity contribution in [1.29, 1.82) is 0 Å². The molecule has 0 aliphatic heterocycles. The Kier molecular flexibility index (Phi) is 2.71. The standard InChI is InChI=1S/C10H9BrClN3/c1-5-2-3-6(11)4-7(5)8-9(12)15-10(13)14-8/h2-4H,1H3,(H3,13,14,15). The van der Waals surface area contributed by atoms with Gasteiger partial charge in [-0.2, -0.15) is 0 Å². The van der Waals surface area contributed by atoms with E-state index in [1.165, 1.54) is 0 Å². The van der Waals surface area contributed by atoms with Crippen molar-refractivity contribution in [3.05, 3.63) is 33.4 Å². The second kappa shape index (κ2) is 3.87. The van der Waals surface area contributed by atoms with Gasteiger partial charge in [-0.15, -0.1) is 0 Å². The highest BCUT2D eigenvalue weighted by molar-refractivity contribution is 9.10. The highest BCUT2D eigenvalue weighted by atomic mass is 79.9. The summed E-state index contributed by atoms with van der Waals surface area (Å²) < 4.78 is 0.987. The van der Waals surface area contributed by atoms with Crippen LogP contribution in [0.5, 0.6) is 0 Å². The first kappa shape index (κ1) is 10.5. The summed E-state index contributed by atoms with van der Waals surface area (Å²) in [6.07, 6.45) is 0. The Morgan fingerprint density at radius 1 is 1.47 bits per heavy atom. The number of aromatic nitrogens is 2. The smallest absolute Gasteiger partial charge is 0.199 e. The van der Waals surface area contributed by atoms with Gasteiger partial charge in [-0.1, -0.05) is 33.6 Å². The molecule has 0 radical (unpaired) electrons. The number of aryl methyl sites for hydroxylation is 1. The fourth-order valence-electron chi connectivity index (χ4n) is 1.40. The first-order chi connectivity index (χ1) is 7.08. The van der Waals surface area contributed by atoms with Crippen molar-refractivity contribution < 1.29 is 0 Å². The SMILES string of the molecule is Cc1ccc(Br)cc1-c1nc(N)[nH]c1Cl. The van der Waals surface area contributed by atoms with Gasteiger partial charge in [0.25, 0.3) is 0 Å². The van der Waals surface area contributed by atoms with Crippen LogP contribution in [0.4, 0.5) is 5.95 Å². The molecule has 0 amide bonds. The minimum Gasteiger partial charge on any atom is -0.369 e. The van der Waals surface area contributed by atoms with E-state index in [2.05, 4.69) is 25.9 Å². The molecule has 0 bridgehead atoms. The average molecular weight is 287 g/mol. The normalized spacial score (nSPS) is 10.6. The summed E-state index contributed by atoms with van der Waals surface area (Å²) in [5.74, 6) is 0.328. The number of benzene rings is 1. The molecule has 1 aromatic heterocycles. The summed E-state index contributed by atoms with van der Waals surface area (Å²) in [6, 6.07) is 5.94. The second-order valence-corrected chi connectivity index (χ2v) is 4.54. The second-order valence-electron chi connectivity index (χ2n) is 3.24. The molecule has 2 rings (SSSR count). The van der Waals surface area contributed by atoms with E-state index >= 15 is 0 Å². The number of nitrogen functional groups attached to an aromatic ring is 1. The molecule has 15 heavy (non-hydrogen) atoms. The molecule has 1 heterocycles. The van der Waals surface area contributed by atoms with E-state index in [0.29, 0.717) is 16.8 Å². The van der Waals surface area contributed by atoms with Gasteiger partial charge in [-0.25, -0.2) is 4.98 Å². The maximum Gasteiger partial charge on any atom is 0.199 e. The van der Waals surface area contributed by atoms with Crippen LogP contribution in [0.15, 0.2) is 22.7 Å². The van der Waals surface area contributed by atoms with Crippen LogP contribution in [0, 0.1) is 6.92 Å². The van der Waals surface area contributed by atoms with Gasteiger partial charge in [0.1, 0.15) is 10.8 Å². The summed E-state index contributed by atoms with van der Waals surface area (Å²) in [6.45, 7) is 2.00. The van der Waals surface area contributed by atoms with E-state index in [0.717, 1.165) is 15.6 Å². The highest BCUT2D eigenvalue weighted by Crippen LogP contribution is 2.30. The molecule has 0 atom stereocenters. The number of anilines is 1. The molecule has 0 spiro atoms. The van der Waals surface area contributed by atoms with E-state index < -0.39 is 0 Å². The van der Waals surface area contributed by atoms with Crippen molar-refractivity contribution in [2.45, 2.75) is 6.92 Å². The van der Waals surface area contributed by atoms with Crippen LogP contribution in [0.2, 0.25) is 5.15 Å². The zero-order valence-corrected chi connectivity index (χ0v) is 10.4. The Morgan fingerprint density at radius 3 is 2.80 bits per heavy atom. The van der Waals surface area contributed by atoms with Gasteiger partial charge in [0, 0.05) is 10.0 Å². The van der Waals surface area contributed by atoms with Gasteiger partial charge >= 0.3 is 0 Å². The summed E-state index contributed by atoms with van der Waals surface area (Å²) in [5, 5.41) is 0.466. The Labute approximate surface area is 101 Å². The number of aromatic amines is 1. The molecule has 3 N–H and O–H groups in total. The van der Waals surface area contributed by atoms with Gasteiger partial charge in [0.15, 0.2) is 5.95 Å². The zero-order valence-electron chi connectivity index (χ0n) is 8.01. The predicted molar refractivity (Wildman–Crippen MR) is 65.9 cm³/mol. The van der Waals surface area contributed by atoms with Gasteiger partial charge in [-0.05, 0) is 24.6 Å². The lowest BCUT2D eigenvalue weighted by molar-refractivity contribution is 1.32. The van der Waals surface area contributed by atoms with Crippen molar-refractivity contribution in [3.8, 4) is 11.3 Å². The fourth-order valence-corrected chi connectivity index (χ4v) is 2.00. The molecule has 0 saturated carbocycles. The number of rotatable bonds is 1. The summed E-state index contributed by atoms with van der Waals surface area (Å²) in [4.78, 5) is 6.92. The van der Waals surface area contributed by atoms with Gasteiger partial charge in [-0.3, -0.25) is 0 Å². The quantitative estimate of drug-likeness (QED) is 0.844. The number of nitrogens with one attached hydrogen (secondary N) is 1. The summed E-state index contributed by atoms with van der Waals surface area (Å²) >= 11 is 9.40. The van der Waals surface area contributed by atoms with Crippen molar-refractivity contribution in [1.82, 2.24) is 9.97 Å². The molecule has 0 unspecified atom stereocenters. The maximum atomic E-state index is 5.99. The van der Waals surface area contributed by atoms with E-state index in [1.54, 1.807) is 0 Å². The Morgan fingerprint density at radius 2 is 2.20 bits per heavy atom. The third-order valence-electron chi connectivity index (χ3n) is 2.13. The monoisotopic (exact) mass is 285 g/mol. The largest absolute Gasteiger partial charge is 0.369 e. The lowest BCUT2D eigenvalue weighted by Gasteiger charge is -2.03. The lowest BCUT2D eigenvalue weighted by Crippen LogP contribution is -1.87. The van der Waals surface area contributed by atoms with Crippen molar-refractivity contribution in [3.63, 3.8) is 0 Å². The first-order valence-corrected chi connectivity index (χ1v) is 5.52. The predicted octanol–water partition coefficient (Wildman–Crippen LogP) is 3.38. The van der Waals surface area contributed by atoms with Crippen LogP contribution < -0.4 is 5.73 Å². The number of nitrogens with two attached hydrogens (primary N) is 1. The van der Waals surface area contributed by atoms with Crippen LogP contribution in [0.1, 0.15) is 5.56 Å². The number of H-pyrrole nitrogens is 1. The highest BCUT2D eigenvalue weighted by Gasteiger charge is 2.11. The Hall–Kier alpha value is -1.00. The van der Waals surface area contributed by atoms with E-state index in [9.17, 15) is 0 Å². The minimum absolute atomic E-state index is 0.328. The molecule has 0 fully saturated rings. The molecule has 0 aliphatic carbocycles. The fraction of sp³-hybridized carbons (Fsp3) is 0.100. The van der Waals surface area contributed by atoms with Crippen molar-refractivity contribution in [2.75, 3.05) is 5.73 Å². The number of hydrogen-bond acceptors (Lipinski definition) is 2. The molecule has 5 heteroatoms. The number of hydrogen-bond donors (Lipinski definition) is 2. The molecule has 2 aromatic rings. The van der Waals surface area contributed by atoms with E-state index in [1.807, 2.05) is 25.1 Å². The molecule has 78 valence electrons. The number of nitrogens with zero attached hydrogens (tertiary/aromatic N) is 1. The third-order valence-corrected chi connectivity index (χ3v) is 2.90. The average Bonchev–Trinajstić information content (AvgIpc) is 2.50. The van der Waals surface area contributed by atoms with Gasteiger partial charge in [0.2, 0.25) is 0 Å². The van der Waals surface area contributed by atoms with Crippen LogP contribution in [0.25, 0.3) is 11.3 Å². The maximum absolute atomic E-state index is 5.99. The summed E-state index contributed by atoms with van der Waals surface area (Å²) in [5.41, 5.74) is 8.31. The molecule has 0 aliphatic rings. The number of halogens is 2. The van der Waals surface area contributed by atoms with Crippen molar-refractivity contribution >= 4 is 33.5 Å². The van der Waals surface area contributed by atoms with Crippen molar-refractivity contribution in [2.24, 2.45) is 0 Å². The zero-order chi connectivity index (χ0) is 11.0. The van der Waals surface area contributed by atoms with E-state index in [-0.39, 0.29) is 0 Å². The number of imidazole rings is 1. The van der Waals surface area contributed by atoms with Gasteiger partial charge in [0.05, 0.1) is 0 Å². The first-order valence-electron chi connectivity index (χ1n) is 4.35. The molecule has 3 nitrogen and oxygen atoms in total. The lowest BCUT2D eigenvalue weighted by atomic mass is 10.1. The third kappa shape index (κ3) is 2.01. The Balaban J connectivity index is 2.62. The Bertz CT molecular complexity index is 507. The van der Waals surface area contributed by atoms with Crippen LogP contribution in [-0.4, -0.2) is 9.97 Å². The van der Waals surface area contributed by atoms with Crippen LogP contribution >= 0.6 is 27.5 Å².